The van der Waals surface area contributed by atoms with Crippen LogP contribution in [0.15, 0.2) is 40.8 Å². The summed E-state index contributed by atoms with van der Waals surface area (Å²) in [5, 5.41) is 2.98. The summed E-state index contributed by atoms with van der Waals surface area (Å²) < 4.78 is 59.0. The van der Waals surface area contributed by atoms with Crippen molar-refractivity contribution >= 4 is 23.0 Å². The Kier molecular flexibility index (Phi) is 5.13. The summed E-state index contributed by atoms with van der Waals surface area (Å²) in [4.78, 5) is 18.4. The summed E-state index contributed by atoms with van der Waals surface area (Å²) in [6, 6.07) is 8.18. The van der Waals surface area contributed by atoms with Crippen LogP contribution in [0.1, 0.15) is 27.9 Å². The number of alkyl halides is 3. The lowest BCUT2D eigenvalue weighted by atomic mass is 10.0. The second-order valence-electron chi connectivity index (χ2n) is 7.44. The van der Waals surface area contributed by atoms with Crippen LogP contribution < -0.4 is 5.32 Å². The van der Waals surface area contributed by atoms with E-state index in [4.69, 9.17) is 4.42 Å². The van der Waals surface area contributed by atoms with Crippen molar-refractivity contribution in [2.24, 2.45) is 5.92 Å². The molecule has 1 N–H and O–H groups in total. The number of nitrogens with one attached hydrogen (secondary N) is 1. The van der Waals surface area contributed by atoms with E-state index < -0.39 is 23.5 Å². The minimum absolute atomic E-state index is 0.00737. The van der Waals surface area contributed by atoms with Gasteiger partial charge in [0.2, 0.25) is 0 Å². The number of aryl methyl sites for hydroxylation is 1. The number of carbonyl (C=O) groups excluding carboxylic acids is 1. The highest BCUT2D eigenvalue weighted by Gasteiger charge is 2.37. The zero-order valence-corrected chi connectivity index (χ0v) is 16.1. The smallest absolute Gasteiger partial charge is 0.417 e. The predicted octanol–water partition coefficient (Wildman–Crippen LogP) is 4.87. The summed E-state index contributed by atoms with van der Waals surface area (Å²) in [7, 11) is 0. The maximum atomic E-state index is 13.7. The largest absolute Gasteiger partial charge is 0.420 e. The van der Waals surface area contributed by atoms with Gasteiger partial charge in [-0.3, -0.25) is 4.79 Å². The molecule has 1 aliphatic heterocycles. The number of amides is 1. The number of halogens is 4. The Morgan fingerprint density at radius 3 is 2.83 bits per heavy atom. The Labute approximate surface area is 169 Å². The first-order valence-electron chi connectivity index (χ1n) is 9.48. The maximum Gasteiger partial charge on any atom is 0.417 e. The topological polar surface area (TPSA) is 58.4 Å². The number of aromatic nitrogens is 1. The average molecular weight is 421 g/mol. The van der Waals surface area contributed by atoms with E-state index in [0.717, 1.165) is 6.07 Å². The summed E-state index contributed by atoms with van der Waals surface area (Å²) in [5.41, 5.74) is -0.215. The van der Waals surface area contributed by atoms with E-state index in [1.165, 1.54) is 29.2 Å². The van der Waals surface area contributed by atoms with Crippen LogP contribution in [0.4, 0.5) is 23.6 Å². The molecule has 1 saturated heterocycles. The number of nitrogens with zero attached hydrogens (tertiary/aromatic N) is 2. The molecule has 30 heavy (non-hydrogen) atoms. The highest BCUT2D eigenvalue weighted by Crippen LogP contribution is 2.34. The van der Waals surface area contributed by atoms with Gasteiger partial charge in [0.15, 0.2) is 11.4 Å². The van der Waals surface area contributed by atoms with Crippen LogP contribution in [0.5, 0.6) is 0 Å². The molecule has 0 radical (unpaired) electrons. The fraction of sp³-hybridized carbons (Fsp3) is 0.333. The number of anilines is 1. The first kappa shape index (κ1) is 20.2. The highest BCUT2D eigenvalue weighted by molar-refractivity contribution is 5.96. The summed E-state index contributed by atoms with van der Waals surface area (Å²) in [6.45, 7) is 2.72. The molecule has 158 valence electrons. The SMILES string of the molecule is Cc1ccc(C(F)(F)F)c(C(=O)N2CC[C@H](CNc3nc4cccc(F)c4o3)C2)c1. The summed E-state index contributed by atoms with van der Waals surface area (Å²) >= 11 is 0. The standard InChI is InChI=1S/C21H19F4N3O2/c1-12-5-6-15(21(23,24)25)14(9-12)19(29)28-8-7-13(11-28)10-26-20-27-17-4-2-3-16(22)18(17)30-20/h2-6,9,13H,7-8,10-11H2,1H3,(H,26,27)/t13-/m1/s1. The van der Waals surface area contributed by atoms with E-state index in [2.05, 4.69) is 10.3 Å². The van der Waals surface area contributed by atoms with Gasteiger partial charge >= 0.3 is 6.18 Å². The minimum Gasteiger partial charge on any atom is -0.420 e. The number of hydrogen-bond acceptors (Lipinski definition) is 4. The van der Waals surface area contributed by atoms with Gasteiger partial charge in [-0.2, -0.15) is 18.2 Å². The molecule has 0 unspecified atom stereocenters. The number of likely N-dealkylation sites (tertiary alicyclic amines) is 1. The molecular weight excluding hydrogens is 402 g/mol. The lowest BCUT2D eigenvalue weighted by Gasteiger charge is -2.20. The molecule has 5 nitrogen and oxygen atoms in total. The molecule has 1 aliphatic rings. The number of hydrogen-bond donors (Lipinski definition) is 1. The molecule has 4 rings (SSSR count). The Hall–Kier alpha value is -3.10. The van der Waals surface area contributed by atoms with Crippen molar-refractivity contribution < 1.29 is 26.8 Å². The van der Waals surface area contributed by atoms with E-state index in [-0.39, 0.29) is 23.1 Å². The number of oxazole rings is 1. The highest BCUT2D eigenvalue weighted by atomic mass is 19.4. The van der Waals surface area contributed by atoms with E-state index in [1.807, 2.05) is 0 Å². The Morgan fingerprint density at radius 1 is 1.30 bits per heavy atom. The molecule has 0 aliphatic carbocycles. The monoisotopic (exact) mass is 421 g/mol. The molecule has 1 amide bonds. The molecule has 1 fully saturated rings. The zero-order chi connectivity index (χ0) is 21.5. The van der Waals surface area contributed by atoms with Gasteiger partial charge in [-0.25, -0.2) is 4.39 Å². The first-order valence-corrected chi connectivity index (χ1v) is 9.48. The normalized spacial score (nSPS) is 17.0. The maximum absolute atomic E-state index is 13.7. The molecule has 0 bridgehead atoms. The van der Waals surface area contributed by atoms with Crippen molar-refractivity contribution in [1.29, 1.82) is 0 Å². The average Bonchev–Trinajstić information content (AvgIpc) is 3.32. The van der Waals surface area contributed by atoms with Gasteiger partial charge < -0.3 is 14.6 Å². The number of rotatable bonds is 4. The van der Waals surface area contributed by atoms with Crippen LogP contribution in [0.25, 0.3) is 11.1 Å². The lowest BCUT2D eigenvalue weighted by Crippen LogP contribution is -2.31. The van der Waals surface area contributed by atoms with Gasteiger partial charge in [0.1, 0.15) is 5.52 Å². The molecule has 3 aromatic rings. The van der Waals surface area contributed by atoms with Gasteiger partial charge in [0.05, 0.1) is 11.1 Å². The van der Waals surface area contributed by atoms with Crippen LogP contribution in [0.3, 0.4) is 0 Å². The number of carbonyl (C=O) groups is 1. The third kappa shape index (κ3) is 3.96. The second kappa shape index (κ2) is 7.62. The number of para-hydroxylation sites is 1. The molecule has 0 saturated carbocycles. The van der Waals surface area contributed by atoms with Gasteiger partial charge in [-0.1, -0.05) is 17.7 Å². The summed E-state index contributed by atoms with van der Waals surface area (Å²) in [5.74, 6) is -1.13. The van der Waals surface area contributed by atoms with Crippen LogP contribution in [0.2, 0.25) is 0 Å². The van der Waals surface area contributed by atoms with E-state index in [0.29, 0.717) is 37.1 Å². The lowest BCUT2D eigenvalue weighted by molar-refractivity contribution is -0.138. The third-order valence-corrected chi connectivity index (χ3v) is 5.19. The van der Waals surface area contributed by atoms with Crippen LogP contribution >= 0.6 is 0 Å². The summed E-state index contributed by atoms with van der Waals surface area (Å²) in [6.07, 6.45) is -3.97. The molecule has 1 aromatic heterocycles. The van der Waals surface area contributed by atoms with Crippen LogP contribution in [-0.4, -0.2) is 35.4 Å². The zero-order valence-electron chi connectivity index (χ0n) is 16.1. The first-order chi connectivity index (χ1) is 14.2. The molecule has 0 spiro atoms. The van der Waals surface area contributed by atoms with E-state index in [9.17, 15) is 22.4 Å². The van der Waals surface area contributed by atoms with Gasteiger partial charge in [0, 0.05) is 19.6 Å². The third-order valence-electron chi connectivity index (χ3n) is 5.19. The van der Waals surface area contributed by atoms with E-state index in [1.54, 1.807) is 13.0 Å². The quantitative estimate of drug-likeness (QED) is 0.611. The fourth-order valence-electron chi connectivity index (χ4n) is 3.66. The van der Waals surface area contributed by atoms with Gasteiger partial charge in [0.25, 0.3) is 11.9 Å². The molecule has 1 atom stereocenters. The Bertz CT molecular complexity index is 1090. The fourth-order valence-corrected chi connectivity index (χ4v) is 3.66. The van der Waals surface area contributed by atoms with Crippen molar-refractivity contribution in [3.8, 4) is 0 Å². The van der Waals surface area contributed by atoms with Crippen molar-refractivity contribution in [2.75, 3.05) is 25.0 Å². The number of fused-ring (bicyclic) bond motifs is 1. The van der Waals surface area contributed by atoms with Crippen molar-refractivity contribution in [2.45, 2.75) is 19.5 Å². The van der Waals surface area contributed by atoms with Crippen molar-refractivity contribution in [3.63, 3.8) is 0 Å². The molecule has 2 aromatic carbocycles. The predicted molar refractivity (Wildman–Crippen MR) is 103 cm³/mol. The van der Waals surface area contributed by atoms with Crippen molar-refractivity contribution in [3.05, 3.63) is 58.9 Å². The molecular formula is C21H19F4N3O2. The van der Waals surface area contributed by atoms with Gasteiger partial charge in [-0.05, 0) is 43.5 Å². The molecule has 2 heterocycles. The number of benzene rings is 2. The molecule has 9 heteroatoms. The van der Waals surface area contributed by atoms with Crippen molar-refractivity contribution in [1.82, 2.24) is 9.88 Å². The Morgan fingerprint density at radius 2 is 2.10 bits per heavy atom. The Balaban J connectivity index is 1.42. The van der Waals surface area contributed by atoms with Gasteiger partial charge in [-0.15, -0.1) is 0 Å². The van der Waals surface area contributed by atoms with Crippen LogP contribution in [0, 0.1) is 18.7 Å². The minimum atomic E-state index is -4.60. The van der Waals surface area contributed by atoms with E-state index >= 15 is 0 Å². The second-order valence-corrected chi connectivity index (χ2v) is 7.44. The van der Waals surface area contributed by atoms with Crippen LogP contribution in [-0.2, 0) is 6.18 Å².